The van der Waals surface area contributed by atoms with Crippen LogP contribution in [-0.2, 0) is 19.1 Å². The van der Waals surface area contributed by atoms with Crippen LogP contribution in [0.4, 0.5) is 0 Å². The number of carboxylic acid groups (broad SMARTS) is 1. The van der Waals surface area contributed by atoms with E-state index in [1.165, 1.54) is 4.90 Å². The number of hydrogen-bond acceptors (Lipinski definition) is 4. The summed E-state index contributed by atoms with van der Waals surface area (Å²) in [6.45, 7) is 2.35. The quantitative estimate of drug-likeness (QED) is 0.303. The van der Waals surface area contributed by atoms with E-state index in [1.54, 1.807) is 20.8 Å². The van der Waals surface area contributed by atoms with E-state index in [-0.39, 0.29) is 24.2 Å². The zero-order chi connectivity index (χ0) is 25.9. The maximum absolute atomic E-state index is 14.2. The second-order valence-electron chi connectivity index (χ2n) is 9.72. The van der Waals surface area contributed by atoms with Crippen molar-refractivity contribution >= 4 is 46.1 Å². The Bertz CT molecular complexity index is 1210. The van der Waals surface area contributed by atoms with Crippen LogP contribution in [0.1, 0.15) is 33.6 Å². The van der Waals surface area contributed by atoms with Gasteiger partial charge >= 0.3 is 11.9 Å². The van der Waals surface area contributed by atoms with Gasteiger partial charge in [-0.1, -0.05) is 91.0 Å². The van der Waals surface area contributed by atoms with Gasteiger partial charge in [-0.3, -0.25) is 9.59 Å². The lowest BCUT2D eigenvalue weighted by Gasteiger charge is -2.45. The highest BCUT2D eigenvalue weighted by Crippen LogP contribution is 2.49. The number of aliphatic carboxylic acids is 1. The third kappa shape index (κ3) is 4.87. The number of hydrogen-bond donors (Lipinski definition) is 1. The van der Waals surface area contributed by atoms with Crippen molar-refractivity contribution in [2.24, 2.45) is 0 Å². The normalized spacial score (nSPS) is 15.7. The molecule has 0 radical (unpaired) electrons. The van der Waals surface area contributed by atoms with Crippen LogP contribution in [0.2, 0.25) is 0 Å². The molecule has 6 nitrogen and oxygen atoms in total. The Kier molecular flexibility index (Phi) is 7.18. The number of likely N-dealkylation sites (tertiary alicyclic amines) is 1. The fourth-order valence-corrected chi connectivity index (χ4v) is 9.03. The summed E-state index contributed by atoms with van der Waals surface area (Å²) in [5.74, 6) is -1.92. The molecule has 1 aliphatic rings. The highest BCUT2D eigenvalue weighted by Gasteiger charge is 2.48. The van der Waals surface area contributed by atoms with Crippen molar-refractivity contribution in [3.8, 4) is 0 Å². The zero-order valence-corrected chi connectivity index (χ0v) is 21.5. The smallest absolute Gasteiger partial charge is 0.356 e. The molecule has 1 heterocycles. The standard InChI is InChI=1S/C29H30NO5P/c1-29(2,3)35-28(34)27(30-21(19-25(30)31)20-26(32)33)36(22-13-7-4-8-14-22,23-15-9-5-10-16-23)24-17-11-6-12-18-24/h4-18,21H,19-20H2,1-3H3,(H,32,33). The number of rotatable bonds is 7. The minimum Gasteiger partial charge on any atom is -0.481 e. The molecule has 0 bridgehead atoms. The van der Waals surface area contributed by atoms with Gasteiger partial charge < -0.3 is 14.7 Å². The van der Waals surface area contributed by atoms with Gasteiger partial charge in [-0.25, -0.2) is 4.79 Å². The summed E-state index contributed by atoms with van der Waals surface area (Å²) in [6.07, 6.45) is -0.187. The predicted molar refractivity (Wildman–Crippen MR) is 144 cm³/mol. The molecule has 1 saturated heterocycles. The van der Waals surface area contributed by atoms with Gasteiger partial charge in [0.05, 0.1) is 12.5 Å². The Balaban J connectivity index is 2.21. The van der Waals surface area contributed by atoms with Gasteiger partial charge in [-0.2, -0.15) is 0 Å². The van der Waals surface area contributed by atoms with E-state index in [4.69, 9.17) is 4.74 Å². The average Bonchev–Trinajstić information content (AvgIpc) is 2.84. The number of amides is 1. The van der Waals surface area contributed by atoms with Crippen LogP contribution in [-0.4, -0.2) is 44.9 Å². The highest BCUT2D eigenvalue weighted by atomic mass is 31.2. The van der Waals surface area contributed by atoms with Crippen LogP contribution < -0.4 is 15.9 Å². The lowest BCUT2D eigenvalue weighted by Crippen LogP contribution is -2.60. The molecular weight excluding hydrogens is 473 g/mol. The number of benzene rings is 3. The van der Waals surface area contributed by atoms with Gasteiger partial charge in [0.15, 0.2) is 0 Å². The first kappa shape index (κ1) is 25.5. The van der Waals surface area contributed by atoms with E-state index in [0.717, 1.165) is 15.9 Å². The summed E-state index contributed by atoms with van der Waals surface area (Å²) < 4.78 is 5.94. The number of nitrogens with zero attached hydrogens (tertiary/aromatic N) is 1. The van der Waals surface area contributed by atoms with Gasteiger partial charge in [0.25, 0.3) is 0 Å². The van der Waals surface area contributed by atoms with Crippen molar-refractivity contribution < 1.29 is 24.2 Å². The molecule has 7 heteroatoms. The molecule has 0 spiro atoms. The Morgan fingerprint density at radius 2 is 1.28 bits per heavy atom. The molecule has 1 aliphatic heterocycles. The number of carbonyl (C=O) groups is 3. The van der Waals surface area contributed by atoms with Crippen LogP contribution in [0, 0.1) is 0 Å². The number of carbonyl (C=O) groups excluding carboxylic acids is 2. The van der Waals surface area contributed by atoms with Gasteiger partial charge in [0.1, 0.15) is 11.0 Å². The molecule has 0 aliphatic carbocycles. The molecule has 4 rings (SSSR count). The first-order valence-electron chi connectivity index (χ1n) is 11.8. The van der Waals surface area contributed by atoms with E-state index in [9.17, 15) is 19.5 Å². The molecule has 1 N–H and O–H groups in total. The van der Waals surface area contributed by atoms with Crippen molar-refractivity contribution in [2.75, 3.05) is 0 Å². The molecular formula is C29H30NO5P. The first-order chi connectivity index (χ1) is 17.1. The van der Waals surface area contributed by atoms with Crippen molar-refractivity contribution in [3.63, 3.8) is 0 Å². The number of ether oxygens (including phenoxy) is 1. The van der Waals surface area contributed by atoms with Crippen LogP contribution in [0.3, 0.4) is 0 Å². The number of esters is 1. The average molecular weight is 504 g/mol. The number of β-lactam (4-membered cyclic amide) rings is 1. The van der Waals surface area contributed by atoms with Gasteiger partial charge in [0.2, 0.25) is 5.91 Å². The van der Waals surface area contributed by atoms with E-state index < -0.39 is 30.5 Å². The first-order valence-corrected chi connectivity index (χ1v) is 13.6. The summed E-state index contributed by atoms with van der Waals surface area (Å²) in [6, 6.07) is 28.4. The fourth-order valence-electron chi connectivity index (χ4n) is 4.63. The second-order valence-corrected chi connectivity index (χ2v) is 13.0. The third-order valence-corrected chi connectivity index (χ3v) is 10.3. The van der Waals surface area contributed by atoms with Crippen molar-refractivity contribution in [1.29, 1.82) is 0 Å². The maximum Gasteiger partial charge on any atom is 0.356 e. The maximum atomic E-state index is 14.2. The van der Waals surface area contributed by atoms with Crippen LogP contribution >= 0.6 is 6.89 Å². The SMILES string of the molecule is CC(C)(C)OC(=O)C(N1C(=O)CC1CC(=O)O)=P(c1ccccc1)(c1ccccc1)c1ccccc1. The van der Waals surface area contributed by atoms with E-state index in [0.29, 0.717) is 0 Å². The summed E-state index contributed by atoms with van der Waals surface area (Å²) in [7, 11) is 0. The molecule has 1 unspecified atom stereocenters. The number of carboxylic acids is 1. The summed E-state index contributed by atoms with van der Waals surface area (Å²) in [5, 5.41) is 12.2. The third-order valence-electron chi connectivity index (χ3n) is 6.01. The summed E-state index contributed by atoms with van der Waals surface area (Å²) in [4.78, 5) is 40.4. The molecule has 186 valence electrons. The second kappa shape index (κ2) is 10.2. The molecule has 0 saturated carbocycles. The van der Waals surface area contributed by atoms with Crippen molar-refractivity contribution in [3.05, 3.63) is 91.0 Å². The van der Waals surface area contributed by atoms with E-state index in [1.807, 2.05) is 91.0 Å². The van der Waals surface area contributed by atoms with E-state index in [2.05, 4.69) is 0 Å². The molecule has 36 heavy (non-hydrogen) atoms. The summed E-state index contributed by atoms with van der Waals surface area (Å²) in [5.41, 5.74) is -0.610. The topological polar surface area (TPSA) is 83.9 Å². The van der Waals surface area contributed by atoms with Crippen LogP contribution in [0.15, 0.2) is 91.0 Å². The van der Waals surface area contributed by atoms with Crippen LogP contribution in [0.5, 0.6) is 0 Å². The molecule has 1 amide bonds. The predicted octanol–water partition coefficient (Wildman–Crippen LogP) is 3.53. The molecule has 0 aromatic heterocycles. The lowest BCUT2D eigenvalue weighted by molar-refractivity contribution is -0.152. The van der Waals surface area contributed by atoms with Crippen LogP contribution in [0.25, 0.3) is 0 Å². The Morgan fingerprint density at radius 3 is 1.61 bits per heavy atom. The van der Waals surface area contributed by atoms with Crippen molar-refractivity contribution in [2.45, 2.75) is 45.3 Å². The fraction of sp³-hybridized carbons (Fsp3) is 0.241. The van der Waals surface area contributed by atoms with Gasteiger partial charge in [-0.15, -0.1) is 0 Å². The van der Waals surface area contributed by atoms with Crippen molar-refractivity contribution in [1.82, 2.24) is 4.90 Å². The van der Waals surface area contributed by atoms with Gasteiger partial charge in [-0.05, 0) is 36.7 Å². The minimum atomic E-state index is -2.99. The highest BCUT2D eigenvalue weighted by molar-refractivity contribution is 7.96. The molecule has 1 atom stereocenters. The Hall–Kier alpha value is -3.63. The lowest BCUT2D eigenvalue weighted by atomic mass is 9.98. The molecule has 3 aromatic carbocycles. The Labute approximate surface area is 211 Å². The molecule has 3 aromatic rings. The minimum absolute atomic E-state index is 0.0664. The van der Waals surface area contributed by atoms with E-state index >= 15 is 0 Å². The largest absolute Gasteiger partial charge is 0.481 e. The Morgan fingerprint density at radius 1 is 0.861 bits per heavy atom. The summed E-state index contributed by atoms with van der Waals surface area (Å²) >= 11 is 0. The van der Waals surface area contributed by atoms with Gasteiger partial charge in [0, 0.05) is 13.3 Å². The monoisotopic (exact) mass is 503 g/mol. The zero-order valence-electron chi connectivity index (χ0n) is 20.6. The molecule has 1 fully saturated rings.